The Morgan fingerprint density at radius 1 is 1.29 bits per heavy atom. The van der Waals surface area contributed by atoms with Crippen LogP contribution in [0, 0.1) is 0 Å². The molecular formula is C12H15NO3S. The molecule has 0 spiro atoms. The molecule has 4 nitrogen and oxygen atoms in total. The number of aliphatic hydroxyl groups is 1. The zero-order valence-corrected chi connectivity index (χ0v) is 10.0. The quantitative estimate of drug-likeness (QED) is 0.807. The molecule has 92 valence electrons. The molecule has 0 radical (unpaired) electrons. The minimum absolute atomic E-state index is 0.161. The van der Waals surface area contributed by atoms with Crippen LogP contribution in [0.3, 0.4) is 0 Å². The average Bonchev–Trinajstić information content (AvgIpc) is 2.80. The van der Waals surface area contributed by atoms with Crippen LogP contribution in [-0.2, 0) is 9.47 Å². The molecule has 2 bridgehead atoms. The second-order valence-corrected chi connectivity index (χ2v) is 5.59. The van der Waals surface area contributed by atoms with E-state index in [1.165, 1.54) is 0 Å². The van der Waals surface area contributed by atoms with Gasteiger partial charge >= 0.3 is 0 Å². The molecule has 2 fully saturated rings. The molecule has 0 saturated carbocycles. The lowest BCUT2D eigenvalue weighted by Gasteiger charge is -2.35. The molecular weight excluding hydrogens is 238 g/mol. The Kier molecular flexibility index (Phi) is 3.10. The summed E-state index contributed by atoms with van der Waals surface area (Å²) in [4.78, 5) is 1.08. The van der Waals surface area contributed by atoms with Gasteiger partial charge in [0.05, 0.1) is 24.0 Å². The zero-order valence-electron chi connectivity index (χ0n) is 9.23. The summed E-state index contributed by atoms with van der Waals surface area (Å²) in [5.74, 6) is 0. The summed E-state index contributed by atoms with van der Waals surface area (Å²) in [7, 11) is 0. The standard InChI is InChI=1S/C12H15NO3S/c13-9-8-6-15-12(16-8)11(10(9)14)17-7-4-2-1-3-5-7/h1-5,8-12,14H,6,13H2/t8-,9+,10-,11-,12+/m0/s1. The molecule has 0 aromatic heterocycles. The van der Waals surface area contributed by atoms with Gasteiger partial charge in [0.25, 0.3) is 0 Å². The van der Waals surface area contributed by atoms with E-state index in [1.807, 2.05) is 30.3 Å². The van der Waals surface area contributed by atoms with Gasteiger partial charge in [-0.2, -0.15) is 0 Å². The third kappa shape index (κ3) is 2.09. The van der Waals surface area contributed by atoms with Gasteiger partial charge in [0.2, 0.25) is 0 Å². The Hall–Kier alpha value is -0.590. The van der Waals surface area contributed by atoms with Crippen molar-refractivity contribution in [1.82, 2.24) is 0 Å². The van der Waals surface area contributed by atoms with E-state index in [0.29, 0.717) is 6.61 Å². The van der Waals surface area contributed by atoms with Gasteiger partial charge in [0, 0.05) is 4.90 Å². The SMILES string of the molecule is N[C@H]1[C@H](O)[C@H](Sc2ccccc2)[C@@H]2OC[C@@H]1O2. The lowest BCUT2D eigenvalue weighted by Crippen LogP contribution is -2.56. The highest BCUT2D eigenvalue weighted by Gasteiger charge is 2.48. The fourth-order valence-corrected chi connectivity index (χ4v) is 3.40. The Labute approximate surface area is 104 Å². The van der Waals surface area contributed by atoms with E-state index in [4.69, 9.17) is 15.2 Å². The van der Waals surface area contributed by atoms with Crippen molar-refractivity contribution in [3.8, 4) is 0 Å². The summed E-state index contributed by atoms with van der Waals surface area (Å²) in [6.07, 6.45) is -1.10. The number of fused-ring (bicyclic) bond motifs is 2. The van der Waals surface area contributed by atoms with Gasteiger partial charge in [-0.15, -0.1) is 11.8 Å². The largest absolute Gasteiger partial charge is 0.390 e. The van der Waals surface area contributed by atoms with E-state index >= 15 is 0 Å². The van der Waals surface area contributed by atoms with Crippen LogP contribution in [0.5, 0.6) is 0 Å². The summed E-state index contributed by atoms with van der Waals surface area (Å²) >= 11 is 1.56. The molecule has 2 saturated heterocycles. The number of hydrogen-bond donors (Lipinski definition) is 2. The second-order valence-electron chi connectivity index (χ2n) is 4.34. The first-order valence-electron chi connectivity index (χ1n) is 5.68. The Morgan fingerprint density at radius 3 is 2.82 bits per heavy atom. The molecule has 0 unspecified atom stereocenters. The molecule has 5 atom stereocenters. The van der Waals surface area contributed by atoms with Crippen molar-refractivity contribution in [1.29, 1.82) is 0 Å². The number of rotatable bonds is 2. The number of thioether (sulfide) groups is 1. The highest BCUT2D eigenvalue weighted by atomic mass is 32.2. The van der Waals surface area contributed by atoms with Crippen LogP contribution < -0.4 is 5.73 Å². The Bertz CT molecular complexity index is 389. The van der Waals surface area contributed by atoms with Crippen molar-refractivity contribution < 1.29 is 14.6 Å². The first-order valence-corrected chi connectivity index (χ1v) is 6.56. The van der Waals surface area contributed by atoms with Crippen molar-refractivity contribution in [3.63, 3.8) is 0 Å². The first-order chi connectivity index (χ1) is 8.25. The van der Waals surface area contributed by atoms with Crippen molar-refractivity contribution >= 4 is 11.8 Å². The molecule has 2 aliphatic heterocycles. The van der Waals surface area contributed by atoms with Gasteiger partial charge < -0.3 is 20.3 Å². The lowest BCUT2D eigenvalue weighted by atomic mass is 10.0. The normalized spacial score (nSPS) is 40.5. The molecule has 1 aromatic carbocycles. The number of aliphatic hydroxyl groups excluding tert-OH is 1. The molecule has 3 N–H and O–H groups in total. The van der Waals surface area contributed by atoms with Crippen LogP contribution in [-0.4, -0.2) is 41.5 Å². The van der Waals surface area contributed by atoms with E-state index in [-0.39, 0.29) is 23.7 Å². The maximum Gasteiger partial charge on any atom is 0.172 e. The molecule has 3 rings (SSSR count). The summed E-state index contributed by atoms with van der Waals surface area (Å²) in [5, 5.41) is 10.0. The minimum atomic E-state index is -0.591. The number of nitrogens with two attached hydrogens (primary N) is 1. The van der Waals surface area contributed by atoms with Crippen molar-refractivity contribution in [2.24, 2.45) is 5.73 Å². The molecule has 1 aromatic rings. The summed E-state index contributed by atoms with van der Waals surface area (Å²) in [6.45, 7) is 0.481. The molecule has 5 heteroatoms. The van der Waals surface area contributed by atoms with Crippen molar-refractivity contribution in [2.75, 3.05) is 6.61 Å². The monoisotopic (exact) mass is 253 g/mol. The lowest BCUT2D eigenvalue weighted by molar-refractivity contribution is -0.118. The van der Waals surface area contributed by atoms with Crippen LogP contribution in [0.25, 0.3) is 0 Å². The molecule has 2 aliphatic rings. The summed E-state index contributed by atoms with van der Waals surface area (Å²) in [6, 6.07) is 9.54. The summed E-state index contributed by atoms with van der Waals surface area (Å²) < 4.78 is 11.2. The predicted octanol–water partition coefficient (Wildman–Crippen LogP) is 0.591. The maximum atomic E-state index is 10.2. The van der Waals surface area contributed by atoms with E-state index in [9.17, 15) is 5.11 Å². The van der Waals surface area contributed by atoms with E-state index in [0.717, 1.165) is 4.90 Å². The third-order valence-electron chi connectivity index (χ3n) is 3.18. The van der Waals surface area contributed by atoms with Gasteiger partial charge in [0.1, 0.15) is 6.10 Å². The second kappa shape index (κ2) is 4.59. The van der Waals surface area contributed by atoms with Crippen molar-refractivity contribution in [3.05, 3.63) is 30.3 Å². The molecule has 2 heterocycles. The third-order valence-corrected chi connectivity index (χ3v) is 4.50. The Morgan fingerprint density at radius 2 is 2.06 bits per heavy atom. The maximum absolute atomic E-state index is 10.2. The van der Waals surface area contributed by atoms with E-state index < -0.39 is 6.10 Å². The number of benzene rings is 1. The fourth-order valence-electron chi connectivity index (χ4n) is 2.20. The van der Waals surface area contributed by atoms with Gasteiger partial charge in [0.15, 0.2) is 6.29 Å². The van der Waals surface area contributed by atoms with Crippen LogP contribution in [0.2, 0.25) is 0 Å². The van der Waals surface area contributed by atoms with Crippen LogP contribution in [0.1, 0.15) is 0 Å². The van der Waals surface area contributed by atoms with E-state index in [2.05, 4.69) is 0 Å². The fraction of sp³-hybridized carbons (Fsp3) is 0.500. The molecule has 0 aliphatic carbocycles. The molecule has 17 heavy (non-hydrogen) atoms. The van der Waals surface area contributed by atoms with Gasteiger partial charge in [-0.05, 0) is 12.1 Å². The highest BCUT2D eigenvalue weighted by molar-refractivity contribution is 8.00. The van der Waals surface area contributed by atoms with Gasteiger partial charge in [-0.1, -0.05) is 18.2 Å². The number of hydrogen-bond acceptors (Lipinski definition) is 5. The molecule has 0 amide bonds. The van der Waals surface area contributed by atoms with Crippen molar-refractivity contribution in [2.45, 2.75) is 34.7 Å². The minimum Gasteiger partial charge on any atom is -0.390 e. The highest BCUT2D eigenvalue weighted by Crippen LogP contribution is 2.37. The predicted molar refractivity (Wildman–Crippen MR) is 64.7 cm³/mol. The van der Waals surface area contributed by atoms with Crippen LogP contribution in [0.4, 0.5) is 0 Å². The average molecular weight is 253 g/mol. The van der Waals surface area contributed by atoms with Crippen LogP contribution >= 0.6 is 11.8 Å². The summed E-state index contributed by atoms with van der Waals surface area (Å²) in [5.41, 5.74) is 5.94. The van der Waals surface area contributed by atoms with Crippen LogP contribution in [0.15, 0.2) is 35.2 Å². The zero-order chi connectivity index (χ0) is 11.8. The topological polar surface area (TPSA) is 64.7 Å². The smallest absolute Gasteiger partial charge is 0.172 e. The van der Waals surface area contributed by atoms with Gasteiger partial charge in [-0.3, -0.25) is 0 Å². The van der Waals surface area contributed by atoms with Gasteiger partial charge in [-0.25, -0.2) is 0 Å². The Balaban J connectivity index is 1.78. The number of ether oxygens (including phenoxy) is 2. The first kappa shape index (κ1) is 11.5. The van der Waals surface area contributed by atoms with E-state index in [1.54, 1.807) is 11.8 Å².